The fourth-order valence-corrected chi connectivity index (χ4v) is 3.95. The van der Waals surface area contributed by atoms with E-state index in [-0.39, 0.29) is 0 Å². The van der Waals surface area contributed by atoms with Crippen molar-refractivity contribution in [2.75, 3.05) is 11.5 Å². The SMILES string of the molecule is Nc1nc(C2CCCS2)nc(-c2ccccc2)c1I. The van der Waals surface area contributed by atoms with Gasteiger partial charge in [-0.25, -0.2) is 9.97 Å². The van der Waals surface area contributed by atoms with Crippen LogP contribution in [0.25, 0.3) is 11.3 Å². The first-order chi connectivity index (χ1) is 9.25. The minimum absolute atomic E-state index is 0.404. The molecule has 1 aromatic carbocycles. The van der Waals surface area contributed by atoms with Gasteiger partial charge in [-0.15, -0.1) is 0 Å². The smallest absolute Gasteiger partial charge is 0.144 e. The average molecular weight is 383 g/mol. The van der Waals surface area contributed by atoms with Gasteiger partial charge in [0.05, 0.1) is 14.5 Å². The largest absolute Gasteiger partial charge is 0.383 e. The van der Waals surface area contributed by atoms with Gasteiger partial charge in [-0.1, -0.05) is 30.3 Å². The van der Waals surface area contributed by atoms with E-state index in [0.29, 0.717) is 11.1 Å². The third-order valence-electron chi connectivity index (χ3n) is 3.16. The summed E-state index contributed by atoms with van der Waals surface area (Å²) in [5, 5.41) is 0.404. The molecule has 2 aromatic rings. The lowest BCUT2D eigenvalue weighted by Crippen LogP contribution is -2.06. The highest BCUT2D eigenvalue weighted by Gasteiger charge is 2.23. The summed E-state index contributed by atoms with van der Waals surface area (Å²) in [6.45, 7) is 0. The Morgan fingerprint density at radius 1 is 1.21 bits per heavy atom. The molecule has 3 nitrogen and oxygen atoms in total. The Balaban J connectivity index is 2.08. The van der Waals surface area contributed by atoms with Crippen LogP contribution in [0, 0.1) is 3.57 Å². The van der Waals surface area contributed by atoms with Crippen molar-refractivity contribution in [2.45, 2.75) is 18.1 Å². The molecule has 5 heteroatoms. The maximum atomic E-state index is 6.06. The van der Waals surface area contributed by atoms with Crippen molar-refractivity contribution >= 4 is 40.2 Å². The van der Waals surface area contributed by atoms with Crippen LogP contribution >= 0.6 is 34.4 Å². The van der Waals surface area contributed by atoms with Crippen molar-refractivity contribution < 1.29 is 0 Å². The first-order valence-electron chi connectivity index (χ1n) is 6.25. The van der Waals surface area contributed by atoms with E-state index < -0.39 is 0 Å². The standard InChI is InChI=1S/C14H14IN3S/c15-11-12(9-5-2-1-3-6-9)17-14(18-13(11)16)10-7-4-8-19-10/h1-3,5-6,10H,4,7-8H2,(H2,16,17,18). The zero-order valence-corrected chi connectivity index (χ0v) is 13.3. The molecule has 0 amide bonds. The van der Waals surface area contributed by atoms with Gasteiger partial charge in [0.25, 0.3) is 0 Å². The van der Waals surface area contributed by atoms with Gasteiger partial charge in [-0.3, -0.25) is 0 Å². The predicted octanol–water partition coefficient (Wildman–Crippen LogP) is 3.90. The molecule has 0 spiro atoms. The summed E-state index contributed by atoms with van der Waals surface area (Å²) in [5.74, 6) is 2.68. The molecule has 0 aliphatic carbocycles. The van der Waals surface area contributed by atoms with Crippen molar-refractivity contribution in [3.05, 3.63) is 39.7 Å². The number of rotatable bonds is 2. The third-order valence-corrected chi connectivity index (χ3v) is 5.60. The van der Waals surface area contributed by atoms with Crippen molar-refractivity contribution in [1.29, 1.82) is 0 Å². The van der Waals surface area contributed by atoms with Gasteiger partial charge in [0.2, 0.25) is 0 Å². The number of benzene rings is 1. The summed E-state index contributed by atoms with van der Waals surface area (Å²) in [6.07, 6.45) is 2.39. The zero-order chi connectivity index (χ0) is 13.2. The molecular formula is C14H14IN3S. The van der Waals surface area contributed by atoms with Crippen molar-refractivity contribution in [3.8, 4) is 11.3 Å². The first kappa shape index (κ1) is 13.2. The lowest BCUT2D eigenvalue weighted by molar-refractivity contribution is 0.779. The number of nitrogens with two attached hydrogens (primary N) is 1. The molecular weight excluding hydrogens is 369 g/mol. The normalized spacial score (nSPS) is 18.7. The molecule has 1 saturated heterocycles. The molecule has 0 saturated carbocycles. The molecule has 3 rings (SSSR count). The van der Waals surface area contributed by atoms with E-state index in [4.69, 9.17) is 10.7 Å². The maximum Gasteiger partial charge on any atom is 0.144 e. The van der Waals surface area contributed by atoms with Crippen molar-refractivity contribution in [3.63, 3.8) is 0 Å². The topological polar surface area (TPSA) is 51.8 Å². The van der Waals surface area contributed by atoms with Gasteiger partial charge >= 0.3 is 0 Å². The van der Waals surface area contributed by atoms with Crippen LogP contribution < -0.4 is 5.73 Å². The van der Waals surface area contributed by atoms with Crippen LogP contribution in [0.4, 0.5) is 5.82 Å². The third kappa shape index (κ3) is 2.72. The molecule has 19 heavy (non-hydrogen) atoms. The van der Waals surface area contributed by atoms with Crippen LogP contribution in [0.1, 0.15) is 23.9 Å². The molecule has 1 unspecified atom stereocenters. The van der Waals surface area contributed by atoms with Crippen LogP contribution in [0.5, 0.6) is 0 Å². The Kier molecular flexibility index (Phi) is 3.93. The number of halogens is 1. The molecule has 2 N–H and O–H groups in total. The summed E-state index contributed by atoms with van der Waals surface area (Å²) in [5.41, 5.74) is 8.12. The highest BCUT2D eigenvalue weighted by atomic mass is 127. The quantitative estimate of drug-likeness (QED) is 0.800. The van der Waals surface area contributed by atoms with Gasteiger partial charge in [0.15, 0.2) is 0 Å². The Morgan fingerprint density at radius 3 is 2.68 bits per heavy atom. The maximum absolute atomic E-state index is 6.06. The zero-order valence-electron chi connectivity index (χ0n) is 10.3. The van der Waals surface area contributed by atoms with Gasteiger partial charge in [-0.05, 0) is 41.2 Å². The number of hydrogen-bond donors (Lipinski definition) is 1. The number of thioether (sulfide) groups is 1. The van der Waals surface area contributed by atoms with E-state index >= 15 is 0 Å². The fraction of sp³-hybridized carbons (Fsp3) is 0.286. The summed E-state index contributed by atoms with van der Waals surface area (Å²) in [6, 6.07) is 10.2. The van der Waals surface area contributed by atoms with Gasteiger partial charge in [0, 0.05) is 5.56 Å². The minimum atomic E-state index is 0.404. The molecule has 1 aliphatic rings. The number of nitrogen functional groups attached to an aromatic ring is 1. The second-order valence-electron chi connectivity index (χ2n) is 4.50. The van der Waals surface area contributed by atoms with Crippen LogP contribution in [0.15, 0.2) is 30.3 Å². The predicted molar refractivity (Wildman–Crippen MR) is 89.0 cm³/mol. The highest BCUT2D eigenvalue weighted by Crippen LogP contribution is 2.39. The van der Waals surface area contributed by atoms with Crippen LogP contribution in [0.2, 0.25) is 0 Å². The second-order valence-corrected chi connectivity index (χ2v) is 6.89. The number of anilines is 1. The van der Waals surface area contributed by atoms with Crippen LogP contribution in [-0.4, -0.2) is 15.7 Å². The Hall–Kier alpha value is -0.820. The Labute approximate surface area is 130 Å². The first-order valence-corrected chi connectivity index (χ1v) is 8.38. The molecule has 1 atom stereocenters. The van der Waals surface area contributed by atoms with E-state index in [1.54, 1.807) is 0 Å². The van der Waals surface area contributed by atoms with Gasteiger partial charge in [0.1, 0.15) is 11.6 Å². The van der Waals surface area contributed by atoms with E-state index in [2.05, 4.69) is 39.7 Å². The van der Waals surface area contributed by atoms with E-state index in [1.807, 2.05) is 30.0 Å². The molecule has 1 aromatic heterocycles. The van der Waals surface area contributed by atoms with E-state index in [1.165, 1.54) is 12.2 Å². The van der Waals surface area contributed by atoms with E-state index in [9.17, 15) is 0 Å². The number of aromatic nitrogens is 2. The monoisotopic (exact) mass is 383 g/mol. The molecule has 98 valence electrons. The summed E-state index contributed by atoms with van der Waals surface area (Å²) >= 11 is 4.16. The summed E-state index contributed by atoms with van der Waals surface area (Å²) < 4.78 is 0.940. The second kappa shape index (κ2) is 5.66. The molecule has 1 aliphatic heterocycles. The van der Waals surface area contributed by atoms with E-state index in [0.717, 1.165) is 27.1 Å². The number of hydrogen-bond acceptors (Lipinski definition) is 4. The van der Waals surface area contributed by atoms with Crippen LogP contribution in [-0.2, 0) is 0 Å². The molecule has 1 fully saturated rings. The Morgan fingerprint density at radius 2 is 2.00 bits per heavy atom. The fourth-order valence-electron chi connectivity index (χ4n) is 2.20. The summed E-state index contributed by atoms with van der Waals surface area (Å²) in [7, 11) is 0. The molecule has 2 heterocycles. The van der Waals surface area contributed by atoms with Crippen molar-refractivity contribution in [1.82, 2.24) is 9.97 Å². The minimum Gasteiger partial charge on any atom is -0.383 e. The van der Waals surface area contributed by atoms with Crippen LogP contribution in [0.3, 0.4) is 0 Å². The lowest BCUT2D eigenvalue weighted by atomic mass is 10.1. The van der Waals surface area contributed by atoms with Crippen molar-refractivity contribution in [2.24, 2.45) is 0 Å². The highest BCUT2D eigenvalue weighted by molar-refractivity contribution is 14.1. The Bertz CT molecular complexity index is 583. The number of nitrogens with zero attached hydrogens (tertiary/aromatic N) is 2. The molecule has 0 bridgehead atoms. The molecule has 0 radical (unpaired) electrons. The van der Waals surface area contributed by atoms with Gasteiger partial charge < -0.3 is 5.73 Å². The average Bonchev–Trinajstić information content (AvgIpc) is 2.97. The lowest BCUT2D eigenvalue weighted by Gasteiger charge is -2.12. The summed E-state index contributed by atoms with van der Waals surface area (Å²) in [4.78, 5) is 9.25. The van der Waals surface area contributed by atoms with Gasteiger partial charge in [-0.2, -0.15) is 11.8 Å².